The van der Waals surface area contributed by atoms with Gasteiger partial charge in [-0.2, -0.15) is 0 Å². The average Bonchev–Trinajstić information content (AvgIpc) is 3.14. The third-order valence-corrected chi connectivity index (χ3v) is 4.53. The first kappa shape index (κ1) is 17.5. The summed E-state index contributed by atoms with van der Waals surface area (Å²) in [5, 5.41) is 0. The van der Waals surface area contributed by atoms with Gasteiger partial charge in [-0.3, -0.25) is 0 Å². The molecule has 0 saturated carbocycles. The molecule has 2 aliphatic heterocycles. The Balaban J connectivity index is 1.65. The monoisotopic (exact) mass is 356 g/mol. The summed E-state index contributed by atoms with van der Waals surface area (Å²) in [5.41, 5.74) is 1.74. The van der Waals surface area contributed by atoms with Gasteiger partial charge >= 0.3 is 0 Å². The van der Waals surface area contributed by atoms with E-state index in [0.717, 1.165) is 11.3 Å². The number of rotatable bonds is 3. The summed E-state index contributed by atoms with van der Waals surface area (Å²) in [4.78, 5) is 9.14. The van der Waals surface area contributed by atoms with Crippen LogP contribution in [0.25, 0.3) is 11.4 Å². The average molecular weight is 356 g/mol. The van der Waals surface area contributed by atoms with E-state index in [9.17, 15) is 0 Å². The second-order valence-electron chi connectivity index (χ2n) is 7.56. The highest BCUT2D eigenvalue weighted by Crippen LogP contribution is 2.42. The molecule has 0 amide bonds. The van der Waals surface area contributed by atoms with Gasteiger partial charge in [0.2, 0.25) is 0 Å². The van der Waals surface area contributed by atoms with Gasteiger partial charge in [0.1, 0.15) is 18.3 Å². The lowest BCUT2D eigenvalue weighted by Crippen LogP contribution is -2.35. The number of aromatic nitrogens is 2. The molecule has 4 rings (SSSR count). The SMILES string of the molecule is CC1(C)O[C@H]([C@H]2COC(C)(C)O2)[C@@H](c2ccnc(-c3ccccc3)n2)O1. The third-order valence-electron chi connectivity index (χ3n) is 4.53. The van der Waals surface area contributed by atoms with Gasteiger partial charge in [-0.05, 0) is 33.8 Å². The molecule has 2 aromatic rings. The molecule has 138 valence electrons. The van der Waals surface area contributed by atoms with Gasteiger partial charge in [0, 0.05) is 11.8 Å². The Morgan fingerprint density at radius 2 is 1.69 bits per heavy atom. The fraction of sp³-hybridized carbons (Fsp3) is 0.500. The van der Waals surface area contributed by atoms with Crippen molar-refractivity contribution in [3.05, 3.63) is 48.3 Å². The van der Waals surface area contributed by atoms with Crippen molar-refractivity contribution < 1.29 is 18.9 Å². The van der Waals surface area contributed by atoms with E-state index < -0.39 is 11.6 Å². The highest BCUT2D eigenvalue weighted by Gasteiger charge is 2.50. The number of ether oxygens (including phenoxy) is 4. The second-order valence-corrected chi connectivity index (χ2v) is 7.56. The second kappa shape index (κ2) is 6.39. The molecule has 6 nitrogen and oxygen atoms in total. The summed E-state index contributed by atoms with van der Waals surface area (Å²) in [7, 11) is 0. The normalized spacial score (nSPS) is 29.8. The van der Waals surface area contributed by atoms with Crippen molar-refractivity contribution >= 4 is 0 Å². The van der Waals surface area contributed by atoms with Crippen LogP contribution in [0.15, 0.2) is 42.6 Å². The summed E-state index contributed by atoms with van der Waals surface area (Å²) in [6.45, 7) is 8.08. The minimum atomic E-state index is -0.719. The molecule has 1 aromatic heterocycles. The number of hydrogen-bond donors (Lipinski definition) is 0. The van der Waals surface area contributed by atoms with Crippen LogP contribution in [-0.2, 0) is 18.9 Å². The molecule has 0 N–H and O–H groups in total. The zero-order valence-corrected chi connectivity index (χ0v) is 15.5. The minimum Gasteiger partial charge on any atom is -0.348 e. The van der Waals surface area contributed by atoms with Crippen LogP contribution in [-0.4, -0.2) is 40.4 Å². The molecule has 1 aromatic carbocycles. The molecular formula is C20H24N2O4. The molecule has 3 heterocycles. The molecule has 0 radical (unpaired) electrons. The lowest BCUT2D eigenvalue weighted by Gasteiger charge is -2.23. The topological polar surface area (TPSA) is 62.7 Å². The molecule has 2 saturated heterocycles. The van der Waals surface area contributed by atoms with Crippen molar-refractivity contribution in [3.63, 3.8) is 0 Å². The van der Waals surface area contributed by atoms with Crippen LogP contribution < -0.4 is 0 Å². The lowest BCUT2D eigenvalue weighted by atomic mass is 10.1. The number of benzene rings is 1. The molecule has 3 atom stereocenters. The summed E-state index contributed by atoms with van der Waals surface area (Å²) < 4.78 is 24.1. The van der Waals surface area contributed by atoms with Crippen LogP contribution in [0.3, 0.4) is 0 Å². The lowest BCUT2D eigenvalue weighted by molar-refractivity contribution is -0.174. The minimum absolute atomic E-state index is 0.216. The van der Waals surface area contributed by atoms with Crippen molar-refractivity contribution in [1.82, 2.24) is 9.97 Å². The first-order chi connectivity index (χ1) is 12.3. The quantitative estimate of drug-likeness (QED) is 0.839. The fourth-order valence-electron chi connectivity index (χ4n) is 3.42. The van der Waals surface area contributed by atoms with Crippen molar-refractivity contribution in [3.8, 4) is 11.4 Å². The summed E-state index contributed by atoms with van der Waals surface area (Å²) >= 11 is 0. The Bertz CT molecular complexity index is 778. The van der Waals surface area contributed by atoms with Crippen molar-refractivity contribution in [2.45, 2.75) is 57.6 Å². The molecule has 26 heavy (non-hydrogen) atoms. The van der Waals surface area contributed by atoms with Crippen LogP contribution in [0, 0.1) is 0 Å². The molecule has 0 spiro atoms. The van der Waals surface area contributed by atoms with E-state index in [2.05, 4.69) is 4.98 Å². The van der Waals surface area contributed by atoms with Gasteiger partial charge in [0.15, 0.2) is 17.4 Å². The Morgan fingerprint density at radius 3 is 2.38 bits per heavy atom. The maximum Gasteiger partial charge on any atom is 0.164 e. The highest BCUT2D eigenvalue weighted by molar-refractivity contribution is 5.54. The Hall–Kier alpha value is -1.86. The molecule has 0 aliphatic carbocycles. The maximum atomic E-state index is 6.17. The van der Waals surface area contributed by atoms with E-state index >= 15 is 0 Å². The first-order valence-corrected chi connectivity index (χ1v) is 8.89. The van der Waals surface area contributed by atoms with E-state index in [1.54, 1.807) is 6.20 Å². The molecule has 2 fully saturated rings. The van der Waals surface area contributed by atoms with Crippen LogP contribution in [0.2, 0.25) is 0 Å². The molecule has 0 unspecified atom stereocenters. The van der Waals surface area contributed by atoms with Crippen molar-refractivity contribution in [2.24, 2.45) is 0 Å². The molecule has 0 bridgehead atoms. The number of hydrogen-bond acceptors (Lipinski definition) is 6. The van der Waals surface area contributed by atoms with Crippen LogP contribution in [0.4, 0.5) is 0 Å². The standard InChI is InChI=1S/C20H24N2O4/c1-19(2)23-12-15(24-19)17-16(25-20(3,4)26-17)14-10-11-21-18(22-14)13-8-6-5-7-9-13/h5-11,15-17H,12H2,1-4H3/t15-,16-,17-/m1/s1. The predicted octanol–water partition coefficient (Wildman–Crippen LogP) is 3.49. The molecule has 2 aliphatic rings. The zero-order chi connectivity index (χ0) is 18.4. The third kappa shape index (κ3) is 3.50. The largest absolute Gasteiger partial charge is 0.348 e. The molecular weight excluding hydrogens is 332 g/mol. The predicted molar refractivity (Wildman–Crippen MR) is 95.2 cm³/mol. The summed E-state index contributed by atoms with van der Waals surface area (Å²) in [6.07, 6.45) is 0.891. The van der Waals surface area contributed by atoms with Gasteiger partial charge < -0.3 is 18.9 Å². The summed E-state index contributed by atoms with van der Waals surface area (Å²) in [6, 6.07) is 11.8. The Morgan fingerprint density at radius 1 is 0.923 bits per heavy atom. The Kier molecular flexibility index (Phi) is 4.31. The highest BCUT2D eigenvalue weighted by atomic mass is 16.8. The van der Waals surface area contributed by atoms with Crippen molar-refractivity contribution in [2.75, 3.05) is 6.61 Å². The van der Waals surface area contributed by atoms with E-state index in [4.69, 9.17) is 23.9 Å². The smallest absolute Gasteiger partial charge is 0.164 e. The van der Waals surface area contributed by atoms with Gasteiger partial charge in [-0.15, -0.1) is 0 Å². The van der Waals surface area contributed by atoms with Crippen LogP contribution >= 0.6 is 0 Å². The van der Waals surface area contributed by atoms with Crippen LogP contribution in [0.1, 0.15) is 39.5 Å². The first-order valence-electron chi connectivity index (χ1n) is 8.89. The summed E-state index contributed by atoms with van der Waals surface area (Å²) in [5.74, 6) is -0.672. The van der Waals surface area contributed by atoms with E-state index in [0.29, 0.717) is 12.4 Å². The fourth-order valence-corrected chi connectivity index (χ4v) is 3.42. The zero-order valence-electron chi connectivity index (χ0n) is 15.5. The maximum absolute atomic E-state index is 6.17. The van der Waals surface area contributed by atoms with Gasteiger partial charge in [0.25, 0.3) is 0 Å². The Labute approximate surface area is 153 Å². The van der Waals surface area contributed by atoms with Crippen molar-refractivity contribution in [1.29, 1.82) is 0 Å². The van der Waals surface area contributed by atoms with E-state index in [-0.39, 0.29) is 18.3 Å². The molecule has 6 heteroatoms. The number of nitrogens with zero attached hydrogens (tertiary/aromatic N) is 2. The van der Waals surface area contributed by atoms with Crippen LogP contribution in [0.5, 0.6) is 0 Å². The van der Waals surface area contributed by atoms with Gasteiger partial charge in [0.05, 0.1) is 12.3 Å². The van der Waals surface area contributed by atoms with Gasteiger partial charge in [-0.1, -0.05) is 30.3 Å². The van der Waals surface area contributed by atoms with E-state index in [1.807, 2.05) is 64.1 Å². The van der Waals surface area contributed by atoms with Gasteiger partial charge in [-0.25, -0.2) is 9.97 Å². The van der Waals surface area contributed by atoms with E-state index in [1.165, 1.54) is 0 Å².